The lowest BCUT2D eigenvalue weighted by Gasteiger charge is -2.00. The van der Waals surface area contributed by atoms with E-state index in [0.29, 0.717) is 6.04 Å². The fourth-order valence-corrected chi connectivity index (χ4v) is 0.584. The topological polar surface area (TPSA) is 26.0 Å². The van der Waals surface area contributed by atoms with Crippen LogP contribution in [0.25, 0.3) is 0 Å². The molecule has 48 valence electrons. The molecule has 0 aromatic heterocycles. The standard InChI is InChI=1S/C7H15N/c1-3-4-5-6-7(2)8/h3,7H,1,4-6,8H2,2H3. The van der Waals surface area contributed by atoms with Gasteiger partial charge >= 0.3 is 0 Å². The van der Waals surface area contributed by atoms with E-state index in [-0.39, 0.29) is 0 Å². The summed E-state index contributed by atoms with van der Waals surface area (Å²) in [5.41, 5.74) is 5.50. The average Bonchev–Trinajstić information content (AvgIpc) is 1.66. The summed E-state index contributed by atoms with van der Waals surface area (Å²) >= 11 is 0. The Morgan fingerprint density at radius 3 is 2.75 bits per heavy atom. The Morgan fingerprint density at radius 1 is 1.75 bits per heavy atom. The molecule has 1 atom stereocenters. The quantitative estimate of drug-likeness (QED) is 0.435. The molecule has 1 heteroatoms. The summed E-state index contributed by atoms with van der Waals surface area (Å²) in [6.45, 7) is 5.65. The second-order valence-corrected chi connectivity index (χ2v) is 2.20. The Morgan fingerprint density at radius 2 is 2.38 bits per heavy atom. The molecule has 2 N–H and O–H groups in total. The summed E-state index contributed by atoms with van der Waals surface area (Å²) in [6.07, 6.45) is 5.33. The van der Waals surface area contributed by atoms with E-state index >= 15 is 0 Å². The summed E-state index contributed by atoms with van der Waals surface area (Å²) in [5, 5.41) is 0. The number of hydrogen-bond donors (Lipinski definition) is 1. The van der Waals surface area contributed by atoms with Gasteiger partial charge in [0, 0.05) is 6.04 Å². The lowest BCUT2D eigenvalue weighted by molar-refractivity contribution is 0.630. The predicted molar refractivity (Wildman–Crippen MR) is 37.7 cm³/mol. The van der Waals surface area contributed by atoms with Crippen molar-refractivity contribution < 1.29 is 0 Å². The summed E-state index contributed by atoms with van der Waals surface area (Å²) in [5.74, 6) is 0. The molecule has 1 nitrogen and oxygen atoms in total. The van der Waals surface area contributed by atoms with Crippen LogP contribution >= 0.6 is 0 Å². The predicted octanol–water partition coefficient (Wildman–Crippen LogP) is 1.69. The van der Waals surface area contributed by atoms with Crippen LogP contribution in [-0.4, -0.2) is 6.04 Å². The van der Waals surface area contributed by atoms with Crippen LogP contribution in [0, 0.1) is 0 Å². The van der Waals surface area contributed by atoms with Gasteiger partial charge in [-0.1, -0.05) is 6.08 Å². The largest absolute Gasteiger partial charge is 0.328 e. The third-order valence-electron chi connectivity index (χ3n) is 1.07. The maximum atomic E-state index is 5.50. The maximum Gasteiger partial charge on any atom is 0.00105 e. The Kier molecular flexibility index (Phi) is 4.67. The normalized spacial score (nSPS) is 13.2. The van der Waals surface area contributed by atoms with E-state index in [0.717, 1.165) is 12.8 Å². The Hall–Kier alpha value is -0.300. The molecular formula is C7H15N. The van der Waals surface area contributed by atoms with Crippen LogP contribution < -0.4 is 5.73 Å². The molecule has 0 saturated carbocycles. The number of unbranched alkanes of at least 4 members (excludes halogenated alkanes) is 1. The monoisotopic (exact) mass is 113 g/mol. The van der Waals surface area contributed by atoms with Gasteiger partial charge in [0.1, 0.15) is 0 Å². The Labute approximate surface area is 51.6 Å². The first kappa shape index (κ1) is 7.70. The van der Waals surface area contributed by atoms with Crippen LogP contribution in [0.5, 0.6) is 0 Å². The van der Waals surface area contributed by atoms with Gasteiger partial charge in [0.2, 0.25) is 0 Å². The third kappa shape index (κ3) is 5.70. The van der Waals surface area contributed by atoms with Gasteiger partial charge in [-0.2, -0.15) is 0 Å². The van der Waals surface area contributed by atoms with Crippen LogP contribution in [0.3, 0.4) is 0 Å². The van der Waals surface area contributed by atoms with Crippen molar-refractivity contribution in [2.24, 2.45) is 5.73 Å². The first-order chi connectivity index (χ1) is 3.77. The van der Waals surface area contributed by atoms with Gasteiger partial charge in [0.25, 0.3) is 0 Å². The second-order valence-electron chi connectivity index (χ2n) is 2.20. The molecule has 0 heterocycles. The first-order valence-electron chi connectivity index (χ1n) is 3.14. The maximum absolute atomic E-state index is 5.50. The number of hydrogen-bond acceptors (Lipinski definition) is 1. The summed E-state index contributed by atoms with van der Waals surface area (Å²) in [4.78, 5) is 0. The molecule has 8 heavy (non-hydrogen) atoms. The number of allylic oxidation sites excluding steroid dienone is 1. The van der Waals surface area contributed by atoms with Crippen molar-refractivity contribution >= 4 is 0 Å². The van der Waals surface area contributed by atoms with Crippen molar-refractivity contribution in [1.82, 2.24) is 0 Å². The van der Waals surface area contributed by atoms with Crippen LogP contribution in [0.2, 0.25) is 0 Å². The molecule has 0 spiro atoms. The highest BCUT2D eigenvalue weighted by molar-refractivity contribution is 4.66. The minimum atomic E-state index is 0.356. The van der Waals surface area contributed by atoms with Gasteiger partial charge in [0.15, 0.2) is 0 Å². The minimum absolute atomic E-state index is 0.356. The van der Waals surface area contributed by atoms with Gasteiger partial charge in [-0.05, 0) is 26.2 Å². The average molecular weight is 113 g/mol. The fraction of sp³-hybridized carbons (Fsp3) is 0.714. The third-order valence-corrected chi connectivity index (χ3v) is 1.07. The van der Waals surface area contributed by atoms with E-state index in [9.17, 15) is 0 Å². The highest BCUT2D eigenvalue weighted by atomic mass is 14.6. The smallest absolute Gasteiger partial charge is 0.00105 e. The SMILES string of the molecule is C=CCCCC(C)N. The zero-order valence-corrected chi connectivity index (χ0v) is 5.56. The van der Waals surface area contributed by atoms with E-state index < -0.39 is 0 Å². The van der Waals surface area contributed by atoms with E-state index in [1.54, 1.807) is 0 Å². The fourth-order valence-electron chi connectivity index (χ4n) is 0.584. The summed E-state index contributed by atoms with van der Waals surface area (Å²) in [6, 6.07) is 0.356. The summed E-state index contributed by atoms with van der Waals surface area (Å²) in [7, 11) is 0. The first-order valence-corrected chi connectivity index (χ1v) is 3.14. The van der Waals surface area contributed by atoms with Crippen molar-refractivity contribution in [2.75, 3.05) is 0 Å². The molecule has 0 rings (SSSR count). The van der Waals surface area contributed by atoms with Crippen molar-refractivity contribution in [1.29, 1.82) is 0 Å². The molecule has 0 fully saturated rings. The van der Waals surface area contributed by atoms with E-state index in [4.69, 9.17) is 5.73 Å². The minimum Gasteiger partial charge on any atom is -0.328 e. The zero-order chi connectivity index (χ0) is 6.41. The molecule has 0 amide bonds. The molecule has 0 aliphatic rings. The molecule has 0 aromatic carbocycles. The molecule has 0 aromatic rings. The van der Waals surface area contributed by atoms with Gasteiger partial charge in [-0.15, -0.1) is 6.58 Å². The molecular weight excluding hydrogens is 98.1 g/mol. The van der Waals surface area contributed by atoms with Crippen molar-refractivity contribution in [2.45, 2.75) is 32.2 Å². The highest BCUT2D eigenvalue weighted by Crippen LogP contribution is 1.97. The highest BCUT2D eigenvalue weighted by Gasteiger charge is 1.89. The molecule has 0 aliphatic carbocycles. The van der Waals surface area contributed by atoms with Gasteiger partial charge in [0.05, 0.1) is 0 Å². The van der Waals surface area contributed by atoms with Crippen LogP contribution in [0.15, 0.2) is 12.7 Å². The molecule has 1 unspecified atom stereocenters. The van der Waals surface area contributed by atoms with E-state index in [2.05, 4.69) is 6.58 Å². The van der Waals surface area contributed by atoms with Crippen molar-refractivity contribution in [3.05, 3.63) is 12.7 Å². The number of nitrogens with two attached hydrogens (primary N) is 1. The number of rotatable bonds is 4. The lowest BCUT2D eigenvalue weighted by atomic mass is 10.1. The van der Waals surface area contributed by atoms with Crippen LogP contribution in [0.1, 0.15) is 26.2 Å². The zero-order valence-electron chi connectivity index (χ0n) is 5.56. The molecule has 0 aliphatic heterocycles. The lowest BCUT2D eigenvalue weighted by Crippen LogP contribution is -2.13. The molecule has 0 radical (unpaired) electrons. The molecule has 0 bridgehead atoms. The van der Waals surface area contributed by atoms with E-state index in [1.165, 1.54) is 6.42 Å². The summed E-state index contributed by atoms with van der Waals surface area (Å²) < 4.78 is 0. The Bertz CT molecular complexity index is 57.4. The van der Waals surface area contributed by atoms with Gasteiger partial charge < -0.3 is 5.73 Å². The van der Waals surface area contributed by atoms with Crippen molar-refractivity contribution in [3.8, 4) is 0 Å². The molecule has 0 saturated heterocycles. The van der Waals surface area contributed by atoms with Gasteiger partial charge in [-0.25, -0.2) is 0 Å². The van der Waals surface area contributed by atoms with Gasteiger partial charge in [-0.3, -0.25) is 0 Å². The second kappa shape index (κ2) is 4.85. The van der Waals surface area contributed by atoms with Crippen LogP contribution in [-0.2, 0) is 0 Å². The van der Waals surface area contributed by atoms with E-state index in [1.807, 2.05) is 13.0 Å². The van der Waals surface area contributed by atoms with Crippen LogP contribution in [0.4, 0.5) is 0 Å². The Balaban J connectivity index is 2.81. The van der Waals surface area contributed by atoms with Crippen molar-refractivity contribution in [3.63, 3.8) is 0 Å².